The molecular formula is C16H9BrN2O2. The summed E-state index contributed by atoms with van der Waals surface area (Å²) in [5.41, 5.74) is 1.45. The van der Waals surface area contributed by atoms with Crippen LogP contribution in [0.25, 0.3) is 0 Å². The van der Waals surface area contributed by atoms with E-state index in [0.29, 0.717) is 4.47 Å². The number of ether oxygens (including phenoxy) is 1. The number of benzene rings is 2. The van der Waals surface area contributed by atoms with Gasteiger partial charge in [0, 0.05) is 4.47 Å². The third-order valence-electron chi connectivity index (χ3n) is 2.78. The Bertz CT molecular complexity index is 758. The van der Waals surface area contributed by atoms with Crippen molar-refractivity contribution in [3.05, 3.63) is 69.2 Å². The second kappa shape index (κ2) is 6.69. The highest BCUT2D eigenvalue weighted by molar-refractivity contribution is 9.10. The van der Waals surface area contributed by atoms with Crippen LogP contribution in [0.5, 0.6) is 0 Å². The lowest BCUT2D eigenvalue weighted by atomic mass is 10.1. The van der Waals surface area contributed by atoms with Gasteiger partial charge in [-0.3, -0.25) is 0 Å². The highest BCUT2D eigenvalue weighted by Gasteiger charge is 2.15. The van der Waals surface area contributed by atoms with Gasteiger partial charge in [-0.2, -0.15) is 10.5 Å². The number of carbonyl (C=O) groups excluding carboxylic acids is 1. The van der Waals surface area contributed by atoms with Crippen molar-refractivity contribution in [2.45, 2.75) is 6.61 Å². The summed E-state index contributed by atoms with van der Waals surface area (Å²) in [5.74, 6) is -0.549. The maximum atomic E-state index is 12.1. The predicted octanol–water partition coefficient (Wildman–Crippen LogP) is 3.55. The molecule has 0 aliphatic carbocycles. The van der Waals surface area contributed by atoms with Crippen LogP contribution in [0.3, 0.4) is 0 Å². The van der Waals surface area contributed by atoms with Crippen molar-refractivity contribution >= 4 is 21.9 Å². The Morgan fingerprint density at radius 2 is 1.71 bits per heavy atom. The highest BCUT2D eigenvalue weighted by Crippen LogP contribution is 2.23. The van der Waals surface area contributed by atoms with Crippen molar-refractivity contribution in [2.75, 3.05) is 0 Å². The van der Waals surface area contributed by atoms with Crippen LogP contribution in [0, 0.1) is 22.7 Å². The van der Waals surface area contributed by atoms with E-state index in [1.807, 2.05) is 42.5 Å². The maximum absolute atomic E-state index is 12.1. The topological polar surface area (TPSA) is 73.9 Å². The summed E-state index contributed by atoms with van der Waals surface area (Å²) in [6.07, 6.45) is 0. The van der Waals surface area contributed by atoms with E-state index >= 15 is 0 Å². The monoisotopic (exact) mass is 340 g/mol. The molecule has 0 unspecified atom stereocenters. The molecule has 0 heterocycles. The molecule has 0 aliphatic rings. The van der Waals surface area contributed by atoms with E-state index in [9.17, 15) is 4.79 Å². The van der Waals surface area contributed by atoms with Gasteiger partial charge in [0.1, 0.15) is 18.7 Å². The predicted molar refractivity (Wildman–Crippen MR) is 79.1 cm³/mol. The zero-order valence-corrected chi connectivity index (χ0v) is 12.4. The summed E-state index contributed by atoms with van der Waals surface area (Å²) in [4.78, 5) is 12.1. The van der Waals surface area contributed by atoms with E-state index in [1.54, 1.807) is 0 Å². The highest BCUT2D eigenvalue weighted by atomic mass is 79.9. The lowest BCUT2D eigenvalue weighted by Crippen LogP contribution is -2.07. The van der Waals surface area contributed by atoms with E-state index in [4.69, 9.17) is 15.3 Å². The lowest BCUT2D eigenvalue weighted by Gasteiger charge is -2.07. The van der Waals surface area contributed by atoms with Crippen LogP contribution in [-0.2, 0) is 11.3 Å². The molecule has 0 saturated heterocycles. The van der Waals surface area contributed by atoms with Crippen molar-refractivity contribution in [3.63, 3.8) is 0 Å². The van der Waals surface area contributed by atoms with Gasteiger partial charge in [0.05, 0.1) is 16.7 Å². The van der Waals surface area contributed by atoms with Gasteiger partial charge in [0.15, 0.2) is 0 Å². The summed E-state index contributed by atoms with van der Waals surface area (Å²) < 4.78 is 5.63. The van der Waals surface area contributed by atoms with Gasteiger partial charge in [-0.05, 0) is 33.6 Å². The summed E-state index contributed by atoms with van der Waals surface area (Å²) in [7, 11) is 0. The molecular weight excluding hydrogens is 332 g/mol. The fourth-order valence-corrected chi connectivity index (χ4v) is 2.22. The Kier molecular flexibility index (Phi) is 4.71. The first-order chi connectivity index (χ1) is 10.2. The quantitative estimate of drug-likeness (QED) is 0.800. The average molecular weight is 341 g/mol. The van der Waals surface area contributed by atoms with Crippen molar-refractivity contribution in [2.24, 2.45) is 0 Å². The van der Waals surface area contributed by atoms with Gasteiger partial charge in [-0.25, -0.2) is 4.79 Å². The standard InChI is InChI=1S/C16H9BrN2O2/c17-15-7-13(9-19)12(8-18)6-14(15)16(20)21-10-11-4-2-1-3-5-11/h1-7H,10H2. The summed E-state index contributed by atoms with van der Waals surface area (Å²) >= 11 is 3.22. The van der Waals surface area contributed by atoms with Gasteiger partial charge >= 0.3 is 5.97 Å². The molecule has 2 aromatic carbocycles. The molecule has 0 aromatic heterocycles. The molecule has 0 fully saturated rings. The third-order valence-corrected chi connectivity index (χ3v) is 3.44. The number of esters is 1. The fraction of sp³-hybridized carbons (Fsp3) is 0.0625. The lowest BCUT2D eigenvalue weighted by molar-refractivity contribution is 0.0471. The normalized spacial score (nSPS) is 9.48. The largest absolute Gasteiger partial charge is 0.457 e. The van der Waals surface area contributed by atoms with Gasteiger partial charge in [0.25, 0.3) is 0 Å². The first-order valence-electron chi connectivity index (χ1n) is 6.00. The SMILES string of the molecule is N#Cc1cc(Br)c(C(=O)OCc2ccccc2)cc1C#N. The molecule has 0 amide bonds. The van der Waals surface area contributed by atoms with Crippen molar-refractivity contribution < 1.29 is 9.53 Å². The molecule has 0 radical (unpaired) electrons. The summed E-state index contributed by atoms with van der Waals surface area (Å²) in [6.45, 7) is 0.147. The maximum Gasteiger partial charge on any atom is 0.339 e. The second-order valence-electron chi connectivity index (χ2n) is 4.16. The summed E-state index contributed by atoms with van der Waals surface area (Å²) in [5, 5.41) is 17.9. The Balaban J connectivity index is 2.20. The Morgan fingerprint density at radius 3 is 2.33 bits per heavy atom. The molecule has 21 heavy (non-hydrogen) atoms. The van der Waals surface area contributed by atoms with Crippen molar-refractivity contribution in [1.29, 1.82) is 10.5 Å². The zero-order chi connectivity index (χ0) is 15.2. The average Bonchev–Trinajstić information content (AvgIpc) is 2.53. The number of nitriles is 2. The zero-order valence-electron chi connectivity index (χ0n) is 10.8. The van der Waals surface area contributed by atoms with Crippen LogP contribution in [-0.4, -0.2) is 5.97 Å². The van der Waals surface area contributed by atoms with Gasteiger partial charge < -0.3 is 4.74 Å². The van der Waals surface area contributed by atoms with Crippen LogP contribution in [0.15, 0.2) is 46.9 Å². The number of hydrogen-bond donors (Lipinski definition) is 0. The number of rotatable bonds is 3. The number of halogens is 1. The minimum atomic E-state index is -0.549. The van der Waals surface area contributed by atoms with Crippen LogP contribution in [0.4, 0.5) is 0 Å². The molecule has 2 aromatic rings. The molecule has 2 rings (SSSR count). The molecule has 0 bridgehead atoms. The van der Waals surface area contributed by atoms with Gasteiger partial charge in [-0.15, -0.1) is 0 Å². The third kappa shape index (κ3) is 3.47. The molecule has 0 N–H and O–H groups in total. The van der Waals surface area contributed by atoms with E-state index in [-0.39, 0.29) is 23.3 Å². The number of hydrogen-bond acceptors (Lipinski definition) is 4. The van der Waals surface area contributed by atoms with Crippen molar-refractivity contribution in [3.8, 4) is 12.1 Å². The minimum absolute atomic E-state index is 0.146. The molecule has 102 valence electrons. The first-order valence-corrected chi connectivity index (χ1v) is 6.80. The molecule has 0 saturated carbocycles. The van der Waals surface area contributed by atoms with E-state index in [2.05, 4.69) is 15.9 Å². The Morgan fingerprint density at radius 1 is 1.10 bits per heavy atom. The Labute approximate surface area is 130 Å². The molecule has 4 nitrogen and oxygen atoms in total. The van der Waals surface area contributed by atoms with Crippen LogP contribution < -0.4 is 0 Å². The first kappa shape index (κ1) is 14.8. The van der Waals surface area contributed by atoms with Gasteiger partial charge in [0.2, 0.25) is 0 Å². The Hall–Kier alpha value is -2.63. The van der Waals surface area contributed by atoms with Crippen LogP contribution in [0.2, 0.25) is 0 Å². The minimum Gasteiger partial charge on any atom is -0.457 e. The fourth-order valence-electron chi connectivity index (χ4n) is 1.72. The molecule has 0 atom stereocenters. The van der Waals surface area contributed by atoms with E-state index in [0.717, 1.165) is 5.56 Å². The molecule has 5 heteroatoms. The van der Waals surface area contributed by atoms with Crippen molar-refractivity contribution in [1.82, 2.24) is 0 Å². The van der Waals surface area contributed by atoms with Crippen LogP contribution >= 0.6 is 15.9 Å². The van der Waals surface area contributed by atoms with E-state index < -0.39 is 5.97 Å². The molecule has 0 aliphatic heterocycles. The van der Waals surface area contributed by atoms with Crippen LogP contribution in [0.1, 0.15) is 27.0 Å². The van der Waals surface area contributed by atoms with Gasteiger partial charge in [-0.1, -0.05) is 30.3 Å². The summed E-state index contributed by atoms with van der Waals surface area (Å²) in [6, 6.07) is 15.9. The smallest absolute Gasteiger partial charge is 0.339 e. The second-order valence-corrected chi connectivity index (χ2v) is 5.02. The van der Waals surface area contributed by atoms with E-state index in [1.165, 1.54) is 12.1 Å². The number of nitrogens with zero attached hydrogens (tertiary/aromatic N) is 2. The number of carbonyl (C=O) groups is 1. The molecule has 0 spiro atoms.